The zero-order valence-corrected chi connectivity index (χ0v) is 18.7. The van der Waals surface area contributed by atoms with Crippen molar-refractivity contribution < 1.29 is 15.0 Å². The third-order valence-corrected chi connectivity index (χ3v) is 5.67. The topological polar surface area (TPSA) is 113 Å². The summed E-state index contributed by atoms with van der Waals surface area (Å²) in [4.78, 5) is 12.3. The minimum atomic E-state index is -0.342. The third kappa shape index (κ3) is 5.51. The summed E-state index contributed by atoms with van der Waals surface area (Å²) >= 11 is 7.26. The summed E-state index contributed by atoms with van der Waals surface area (Å²) in [5.74, 6) is -0.139. The zero-order valence-electron chi connectivity index (χ0n) is 17.1. The number of amides is 1. The van der Waals surface area contributed by atoms with Crippen molar-refractivity contribution in [2.24, 2.45) is 5.10 Å². The summed E-state index contributed by atoms with van der Waals surface area (Å²) in [5.41, 5.74) is 4.66. The number of aromatic nitrogens is 3. The van der Waals surface area contributed by atoms with Crippen molar-refractivity contribution >= 4 is 35.5 Å². The molecule has 1 heterocycles. The number of hydrazone groups is 1. The minimum absolute atomic E-state index is 0.0542. The summed E-state index contributed by atoms with van der Waals surface area (Å²) in [7, 11) is 0. The number of nitrogens with zero attached hydrogens (tertiary/aromatic N) is 4. The standard InChI is InChI=1S/C23H18ClN5O3S/c24-17-7-9-18(10-8-17)29-22(16-4-2-1-3-5-16)27-28-23(29)33-14-21(32)26-25-13-15-6-11-19(30)20(31)12-15/h1-13,30-31H,14H2,(H,26,32)/b25-13-. The second-order valence-corrected chi connectivity index (χ2v) is 8.19. The molecule has 1 amide bonds. The molecule has 33 heavy (non-hydrogen) atoms. The number of carbonyl (C=O) groups is 1. The van der Waals surface area contributed by atoms with Gasteiger partial charge in [-0.3, -0.25) is 9.36 Å². The van der Waals surface area contributed by atoms with E-state index < -0.39 is 0 Å². The first-order chi connectivity index (χ1) is 16.0. The van der Waals surface area contributed by atoms with Crippen molar-refractivity contribution in [1.29, 1.82) is 0 Å². The molecule has 0 saturated carbocycles. The maximum absolute atomic E-state index is 12.3. The predicted molar refractivity (Wildman–Crippen MR) is 128 cm³/mol. The van der Waals surface area contributed by atoms with Gasteiger partial charge in [0.2, 0.25) is 0 Å². The summed E-state index contributed by atoms with van der Waals surface area (Å²) in [6, 6.07) is 21.1. The highest BCUT2D eigenvalue weighted by molar-refractivity contribution is 7.99. The number of hydrogen-bond donors (Lipinski definition) is 3. The molecule has 0 unspecified atom stereocenters. The van der Waals surface area contributed by atoms with Crippen LogP contribution in [0.25, 0.3) is 17.1 Å². The van der Waals surface area contributed by atoms with Gasteiger partial charge in [-0.1, -0.05) is 53.7 Å². The quantitative estimate of drug-likeness (QED) is 0.158. The number of benzene rings is 3. The lowest BCUT2D eigenvalue weighted by Gasteiger charge is -2.10. The molecular formula is C23H18ClN5O3S. The van der Waals surface area contributed by atoms with Crippen molar-refractivity contribution in [3.05, 3.63) is 83.4 Å². The van der Waals surface area contributed by atoms with E-state index in [1.807, 2.05) is 47.0 Å². The molecule has 1 aromatic heterocycles. The molecule has 0 radical (unpaired) electrons. The molecular weight excluding hydrogens is 462 g/mol. The SMILES string of the molecule is O=C(CSc1nnc(-c2ccccc2)n1-c1ccc(Cl)cc1)N/N=C\c1ccc(O)c(O)c1. The fraction of sp³-hybridized carbons (Fsp3) is 0.0435. The lowest BCUT2D eigenvalue weighted by molar-refractivity contribution is -0.118. The van der Waals surface area contributed by atoms with Crippen LogP contribution in [0, 0.1) is 0 Å². The van der Waals surface area contributed by atoms with Crippen molar-refractivity contribution in [3.63, 3.8) is 0 Å². The number of phenols is 2. The fourth-order valence-corrected chi connectivity index (χ4v) is 3.79. The van der Waals surface area contributed by atoms with Gasteiger partial charge in [0.05, 0.1) is 12.0 Å². The highest BCUT2D eigenvalue weighted by atomic mass is 35.5. The van der Waals surface area contributed by atoms with Crippen LogP contribution in [0.1, 0.15) is 5.56 Å². The number of hydrogen-bond acceptors (Lipinski definition) is 7. The van der Waals surface area contributed by atoms with Crippen LogP contribution >= 0.6 is 23.4 Å². The molecule has 10 heteroatoms. The number of nitrogens with one attached hydrogen (secondary N) is 1. The predicted octanol–water partition coefficient (Wildman–Crippen LogP) is 4.24. The van der Waals surface area contributed by atoms with Gasteiger partial charge in [0.1, 0.15) is 0 Å². The Morgan fingerprint density at radius 3 is 2.52 bits per heavy atom. The fourth-order valence-electron chi connectivity index (χ4n) is 2.92. The highest BCUT2D eigenvalue weighted by Crippen LogP contribution is 2.28. The highest BCUT2D eigenvalue weighted by Gasteiger charge is 2.17. The lowest BCUT2D eigenvalue weighted by Crippen LogP contribution is -2.20. The van der Waals surface area contributed by atoms with Gasteiger partial charge in [0.25, 0.3) is 5.91 Å². The Morgan fingerprint density at radius 2 is 1.79 bits per heavy atom. The molecule has 0 aliphatic heterocycles. The molecule has 166 valence electrons. The smallest absolute Gasteiger partial charge is 0.250 e. The van der Waals surface area contributed by atoms with Gasteiger partial charge in [-0.2, -0.15) is 5.10 Å². The van der Waals surface area contributed by atoms with E-state index in [2.05, 4.69) is 20.7 Å². The van der Waals surface area contributed by atoms with Crippen molar-refractivity contribution in [3.8, 4) is 28.6 Å². The van der Waals surface area contributed by atoms with Crippen LogP contribution in [0.2, 0.25) is 5.02 Å². The molecule has 0 saturated heterocycles. The van der Waals surface area contributed by atoms with E-state index in [0.717, 1.165) is 11.3 Å². The van der Waals surface area contributed by atoms with Crippen LogP contribution in [0.4, 0.5) is 0 Å². The van der Waals surface area contributed by atoms with Gasteiger partial charge in [-0.15, -0.1) is 10.2 Å². The van der Waals surface area contributed by atoms with E-state index in [9.17, 15) is 15.0 Å². The molecule has 0 spiro atoms. The van der Waals surface area contributed by atoms with Gasteiger partial charge in [0, 0.05) is 16.3 Å². The molecule has 3 N–H and O–H groups in total. The molecule has 4 rings (SSSR count). The second-order valence-electron chi connectivity index (χ2n) is 6.81. The van der Waals surface area contributed by atoms with Gasteiger partial charge < -0.3 is 10.2 Å². The number of phenolic OH excluding ortho intramolecular Hbond substituents is 2. The Bertz CT molecular complexity index is 1290. The number of carbonyl (C=O) groups excluding carboxylic acids is 1. The van der Waals surface area contributed by atoms with Crippen molar-refractivity contribution in [2.45, 2.75) is 5.16 Å². The first kappa shape index (κ1) is 22.4. The molecule has 0 fully saturated rings. The molecule has 0 bridgehead atoms. The van der Waals surface area contributed by atoms with Gasteiger partial charge >= 0.3 is 0 Å². The molecule has 3 aromatic carbocycles. The monoisotopic (exact) mass is 479 g/mol. The molecule has 4 aromatic rings. The van der Waals surface area contributed by atoms with E-state index in [1.54, 1.807) is 18.2 Å². The van der Waals surface area contributed by atoms with Gasteiger partial charge in [-0.05, 0) is 48.0 Å². The maximum Gasteiger partial charge on any atom is 0.250 e. The summed E-state index contributed by atoms with van der Waals surface area (Å²) < 4.78 is 1.87. The van der Waals surface area contributed by atoms with Crippen molar-refractivity contribution in [1.82, 2.24) is 20.2 Å². The average Bonchev–Trinajstić information content (AvgIpc) is 3.25. The second kappa shape index (κ2) is 10.2. The van der Waals surface area contributed by atoms with Gasteiger partial charge in [0.15, 0.2) is 22.5 Å². The Labute approximate surface area is 198 Å². The maximum atomic E-state index is 12.3. The minimum Gasteiger partial charge on any atom is -0.504 e. The van der Waals surface area contributed by atoms with E-state index in [1.165, 1.54) is 30.1 Å². The summed E-state index contributed by atoms with van der Waals surface area (Å²) in [5, 5.41) is 32.5. The Morgan fingerprint density at radius 1 is 1.03 bits per heavy atom. The van der Waals surface area contributed by atoms with Crippen LogP contribution in [-0.4, -0.2) is 42.9 Å². The Hall–Kier alpha value is -3.82. The van der Waals surface area contributed by atoms with Crippen LogP contribution in [0.3, 0.4) is 0 Å². The first-order valence-electron chi connectivity index (χ1n) is 9.75. The average molecular weight is 480 g/mol. The Balaban J connectivity index is 1.49. The van der Waals surface area contributed by atoms with Crippen LogP contribution < -0.4 is 5.43 Å². The number of rotatable bonds is 7. The molecule has 0 aliphatic carbocycles. The van der Waals surface area contributed by atoms with Crippen LogP contribution in [-0.2, 0) is 4.79 Å². The lowest BCUT2D eigenvalue weighted by atomic mass is 10.2. The van der Waals surface area contributed by atoms with Crippen molar-refractivity contribution in [2.75, 3.05) is 5.75 Å². The molecule has 8 nitrogen and oxygen atoms in total. The summed E-state index contributed by atoms with van der Waals surface area (Å²) in [6.45, 7) is 0. The third-order valence-electron chi connectivity index (χ3n) is 4.48. The normalized spacial score (nSPS) is 11.1. The zero-order chi connectivity index (χ0) is 23.2. The number of halogens is 1. The van der Waals surface area contributed by atoms with E-state index in [0.29, 0.717) is 21.6 Å². The van der Waals surface area contributed by atoms with E-state index in [4.69, 9.17) is 11.6 Å². The van der Waals surface area contributed by atoms with Gasteiger partial charge in [-0.25, -0.2) is 5.43 Å². The first-order valence-corrected chi connectivity index (χ1v) is 11.1. The molecule has 0 aliphatic rings. The largest absolute Gasteiger partial charge is 0.504 e. The van der Waals surface area contributed by atoms with Crippen LogP contribution in [0.15, 0.2) is 83.1 Å². The summed E-state index contributed by atoms with van der Waals surface area (Å²) in [6.07, 6.45) is 1.37. The number of aromatic hydroxyl groups is 2. The van der Waals surface area contributed by atoms with E-state index >= 15 is 0 Å². The van der Waals surface area contributed by atoms with E-state index in [-0.39, 0.29) is 23.2 Å². The molecule has 0 atom stereocenters. The van der Waals surface area contributed by atoms with Crippen LogP contribution in [0.5, 0.6) is 11.5 Å². The Kier molecular flexibility index (Phi) is 6.92. The number of thioether (sulfide) groups is 1.